The first kappa shape index (κ1) is 25.2. The quantitative estimate of drug-likeness (QED) is 0.421. The van der Waals surface area contributed by atoms with Gasteiger partial charge in [0, 0.05) is 45.0 Å². The molecule has 7 nitrogen and oxygen atoms in total. The average Bonchev–Trinajstić information content (AvgIpc) is 3.23. The fourth-order valence-corrected chi connectivity index (χ4v) is 4.42. The Kier molecular flexibility index (Phi) is 8.79. The zero-order valence-corrected chi connectivity index (χ0v) is 20.9. The maximum Gasteiger partial charge on any atom is 0.134 e. The summed E-state index contributed by atoms with van der Waals surface area (Å²) in [6.07, 6.45) is 5.74. The van der Waals surface area contributed by atoms with Gasteiger partial charge in [-0.3, -0.25) is 4.90 Å². The number of aliphatic hydroxyl groups is 1. The van der Waals surface area contributed by atoms with Crippen LogP contribution in [0.2, 0.25) is 0 Å². The molecule has 188 valence electrons. The van der Waals surface area contributed by atoms with E-state index in [4.69, 9.17) is 14.2 Å². The van der Waals surface area contributed by atoms with Crippen molar-refractivity contribution < 1.29 is 19.3 Å². The van der Waals surface area contributed by atoms with Gasteiger partial charge in [-0.25, -0.2) is 4.98 Å². The minimum atomic E-state index is -1.07. The summed E-state index contributed by atoms with van der Waals surface area (Å²) in [5.41, 5.74) is 1.20. The standard InChI is InChI=1S/C28H37N3O4/c1-3-27-29-11-13-31(27)12-6-15-34-26-10-5-8-24(18-26)19-30-14-16-33-21-28(32,20-30)22-35-25-9-4-7-23(2)17-25/h4-5,7-11,13,17-18,32H,3,6,12,14-16,19-22H2,1-2H3. The van der Waals surface area contributed by atoms with Gasteiger partial charge in [0.05, 0.1) is 19.8 Å². The van der Waals surface area contributed by atoms with Gasteiger partial charge in [0.1, 0.15) is 29.5 Å². The van der Waals surface area contributed by atoms with E-state index in [1.54, 1.807) is 0 Å². The van der Waals surface area contributed by atoms with Crippen molar-refractivity contribution in [2.24, 2.45) is 0 Å². The summed E-state index contributed by atoms with van der Waals surface area (Å²) in [6.45, 7) is 8.67. The van der Waals surface area contributed by atoms with E-state index in [2.05, 4.69) is 33.5 Å². The molecule has 1 unspecified atom stereocenters. The minimum absolute atomic E-state index is 0.187. The van der Waals surface area contributed by atoms with Crippen molar-refractivity contribution in [1.29, 1.82) is 0 Å². The fourth-order valence-electron chi connectivity index (χ4n) is 4.42. The molecule has 35 heavy (non-hydrogen) atoms. The topological polar surface area (TPSA) is 69.0 Å². The number of rotatable bonds is 11. The highest BCUT2D eigenvalue weighted by Gasteiger charge is 2.33. The summed E-state index contributed by atoms with van der Waals surface area (Å²) in [7, 11) is 0. The van der Waals surface area contributed by atoms with E-state index >= 15 is 0 Å². The lowest BCUT2D eigenvalue weighted by Crippen LogP contribution is -2.48. The van der Waals surface area contributed by atoms with E-state index in [1.165, 1.54) is 0 Å². The molecule has 7 heteroatoms. The number of aryl methyl sites for hydroxylation is 3. The number of β-amino-alcohol motifs (C(OH)–C–C–N with tert-alkyl or cyclic N) is 1. The van der Waals surface area contributed by atoms with E-state index < -0.39 is 5.60 Å². The summed E-state index contributed by atoms with van der Waals surface area (Å²) in [5.74, 6) is 2.74. The summed E-state index contributed by atoms with van der Waals surface area (Å²) >= 11 is 0. The van der Waals surface area contributed by atoms with Crippen molar-refractivity contribution in [3.05, 3.63) is 77.9 Å². The highest BCUT2D eigenvalue weighted by atomic mass is 16.5. The second kappa shape index (κ2) is 12.2. The largest absolute Gasteiger partial charge is 0.494 e. The molecule has 1 aliphatic heterocycles. The first-order valence-electron chi connectivity index (χ1n) is 12.5. The lowest BCUT2D eigenvalue weighted by atomic mass is 10.1. The number of hydrogen-bond donors (Lipinski definition) is 1. The first-order valence-corrected chi connectivity index (χ1v) is 12.5. The van der Waals surface area contributed by atoms with E-state index in [1.807, 2.05) is 55.7 Å². The third-order valence-electron chi connectivity index (χ3n) is 6.17. The number of ether oxygens (including phenoxy) is 3. The Morgan fingerprint density at radius 2 is 1.94 bits per heavy atom. The van der Waals surface area contributed by atoms with Crippen LogP contribution in [0, 0.1) is 6.92 Å². The Bertz CT molecular complexity index is 1070. The van der Waals surface area contributed by atoms with Crippen LogP contribution in [0.25, 0.3) is 0 Å². The minimum Gasteiger partial charge on any atom is -0.494 e. The SMILES string of the molecule is CCc1nccn1CCCOc1cccc(CN2CCOCC(O)(COc3cccc(C)c3)C2)c1. The van der Waals surface area contributed by atoms with Gasteiger partial charge in [-0.05, 0) is 48.7 Å². The molecule has 0 saturated carbocycles. The second-order valence-corrected chi connectivity index (χ2v) is 9.33. The van der Waals surface area contributed by atoms with Crippen molar-refractivity contribution in [1.82, 2.24) is 14.5 Å². The van der Waals surface area contributed by atoms with Crippen LogP contribution in [-0.4, -0.2) is 64.7 Å². The van der Waals surface area contributed by atoms with E-state index in [0.717, 1.165) is 54.4 Å². The van der Waals surface area contributed by atoms with Gasteiger partial charge in [-0.2, -0.15) is 0 Å². The molecule has 0 aliphatic carbocycles. The maximum absolute atomic E-state index is 11.2. The van der Waals surface area contributed by atoms with Crippen molar-refractivity contribution in [3.63, 3.8) is 0 Å². The molecule has 0 amide bonds. The number of imidazole rings is 1. The van der Waals surface area contributed by atoms with Gasteiger partial charge in [-0.1, -0.05) is 31.2 Å². The molecule has 1 saturated heterocycles. The number of nitrogens with zero attached hydrogens (tertiary/aromatic N) is 3. The third-order valence-corrected chi connectivity index (χ3v) is 6.17. The Morgan fingerprint density at radius 1 is 1.11 bits per heavy atom. The lowest BCUT2D eigenvalue weighted by Gasteiger charge is -2.30. The van der Waals surface area contributed by atoms with Crippen LogP contribution in [0.1, 0.15) is 30.3 Å². The predicted molar refractivity (Wildman–Crippen MR) is 136 cm³/mol. The third kappa shape index (κ3) is 7.56. The number of aromatic nitrogens is 2. The molecule has 0 radical (unpaired) electrons. The smallest absolute Gasteiger partial charge is 0.134 e. The Morgan fingerprint density at radius 3 is 2.77 bits per heavy atom. The van der Waals surface area contributed by atoms with Gasteiger partial charge in [0.25, 0.3) is 0 Å². The molecule has 1 aromatic heterocycles. The Hall–Kier alpha value is -2.87. The molecular weight excluding hydrogens is 442 g/mol. The molecule has 1 atom stereocenters. The second-order valence-electron chi connectivity index (χ2n) is 9.33. The summed E-state index contributed by atoms with van der Waals surface area (Å²) in [5, 5.41) is 11.2. The number of hydrogen-bond acceptors (Lipinski definition) is 6. The predicted octanol–water partition coefficient (Wildman–Crippen LogP) is 3.87. The molecule has 2 heterocycles. The highest BCUT2D eigenvalue weighted by molar-refractivity contribution is 5.29. The summed E-state index contributed by atoms with van der Waals surface area (Å²) in [6, 6.07) is 16.1. The Labute approximate surface area is 208 Å². The van der Waals surface area contributed by atoms with Crippen LogP contribution in [-0.2, 0) is 24.2 Å². The van der Waals surface area contributed by atoms with Crippen LogP contribution in [0.15, 0.2) is 60.9 Å². The van der Waals surface area contributed by atoms with E-state index in [0.29, 0.717) is 26.3 Å². The van der Waals surface area contributed by atoms with Crippen LogP contribution < -0.4 is 9.47 Å². The summed E-state index contributed by atoms with van der Waals surface area (Å²) in [4.78, 5) is 6.59. The van der Waals surface area contributed by atoms with E-state index in [-0.39, 0.29) is 13.2 Å². The fraction of sp³-hybridized carbons (Fsp3) is 0.464. The van der Waals surface area contributed by atoms with Gasteiger partial charge in [0.2, 0.25) is 0 Å². The van der Waals surface area contributed by atoms with Gasteiger partial charge in [0.15, 0.2) is 0 Å². The first-order chi connectivity index (χ1) is 17.0. The number of benzene rings is 2. The van der Waals surface area contributed by atoms with Gasteiger partial charge >= 0.3 is 0 Å². The van der Waals surface area contributed by atoms with Crippen molar-refractivity contribution in [2.45, 2.75) is 45.4 Å². The van der Waals surface area contributed by atoms with Crippen molar-refractivity contribution in [3.8, 4) is 11.5 Å². The zero-order valence-electron chi connectivity index (χ0n) is 20.9. The van der Waals surface area contributed by atoms with Crippen LogP contribution in [0.3, 0.4) is 0 Å². The molecule has 3 aromatic rings. The Balaban J connectivity index is 1.28. The molecule has 2 aromatic carbocycles. The van der Waals surface area contributed by atoms with Crippen molar-refractivity contribution >= 4 is 0 Å². The van der Waals surface area contributed by atoms with Crippen molar-refractivity contribution in [2.75, 3.05) is 39.5 Å². The molecule has 1 aliphatic rings. The van der Waals surface area contributed by atoms with Gasteiger partial charge in [-0.15, -0.1) is 0 Å². The van der Waals surface area contributed by atoms with Crippen LogP contribution in [0.4, 0.5) is 0 Å². The highest BCUT2D eigenvalue weighted by Crippen LogP contribution is 2.21. The molecule has 4 rings (SSSR count). The monoisotopic (exact) mass is 479 g/mol. The maximum atomic E-state index is 11.2. The van der Waals surface area contributed by atoms with E-state index in [9.17, 15) is 5.11 Å². The average molecular weight is 480 g/mol. The molecular formula is C28H37N3O4. The van der Waals surface area contributed by atoms with Crippen LogP contribution >= 0.6 is 0 Å². The van der Waals surface area contributed by atoms with Gasteiger partial charge < -0.3 is 23.9 Å². The molecule has 0 spiro atoms. The molecule has 1 fully saturated rings. The summed E-state index contributed by atoms with van der Waals surface area (Å²) < 4.78 is 19.8. The molecule has 0 bridgehead atoms. The van der Waals surface area contributed by atoms with Crippen LogP contribution in [0.5, 0.6) is 11.5 Å². The lowest BCUT2D eigenvalue weighted by molar-refractivity contribution is -0.0646. The molecule has 1 N–H and O–H groups in total. The normalized spacial score (nSPS) is 18.8. The zero-order chi connectivity index (χ0) is 24.5.